The predicted molar refractivity (Wildman–Crippen MR) is 123 cm³/mol. The van der Waals surface area contributed by atoms with Gasteiger partial charge in [-0.2, -0.15) is 0 Å². The second kappa shape index (κ2) is 11.1. The van der Waals surface area contributed by atoms with Crippen molar-refractivity contribution in [2.24, 2.45) is 5.92 Å². The van der Waals surface area contributed by atoms with E-state index >= 15 is 0 Å². The lowest BCUT2D eigenvalue weighted by Crippen LogP contribution is -2.19. The van der Waals surface area contributed by atoms with Gasteiger partial charge >= 0.3 is 5.97 Å². The molecule has 31 heavy (non-hydrogen) atoms. The third-order valence-electron chi connectivity index (χ3n) is 5.27. The van der Waals surface area contributed by atoms with Crippen molar-refractivity contribution >= 4 is 11.8 Å². The minimum Gasteiger partial charge on any atom is -0.494 e. The van der Waals surface area contributed by atoms with Crippen molar-refractivity contribution in [1.29, 1.82) is 0 Å². The fraction of sp³-hybridized carbons (Fsp3) is 0.259. The molecule has 1 N–H and O–H groups in total. The lowest BCUT2D eigenvalue weighted by molar-refractivity contribution is -0.141. The average Bonchev–Trinajstić information content (AvgIpc) is 2.81. The molecule has 1 atom stereocenters. The SMILES string of the molecule is CCCOc1ccc(-c2ccc(C(=O)CC(CCc3ccccc3)C(=O)O)cc2)cc1. The maximum atomic E-state index is 12.7. The summed E-state index contributed by atoms with van der Waals surface area (Å²) in [5.74, 6) is -0.919. The molecule has 0 aliphatic carbocycles. The van der Waals surface area contributed by atoms with E-state index in [4.69, 9.17) is 4.74 Å². The van der Waals surface area contributed by atoms with E-state index in [0.717, 1.165) is 28.9 Å². The van der Waals surface area contributed by atoms with Crippen LogP contribution in [0.1, 0.15) is 42.1 Å². The minimum absolute atomic E-state index is 0.00494. The molecule has 0 saturated carbocycles. The minimum atomic E-state index is -0.925. The standard InChI is InChI=1S/C27H28O4/c1-2-18-31-25-16-14-22(15-17-25)21-10-12-23(13-11-21)26(28)19-24(27(29)30)9-8-20-6-4-3-5-7-20/h3-7,10-17,24H,2,8-9,18-19H2,1H3,(H,29,30). The zero-order valence-electron chi connectivity index (χ0n) is 17.8. The summed E-state index contributed by atoms with van der Waals surface area (Å²) in [6, 6.07) is 24.9. The van der Waals surface area contributed by atoms with E-state index in [1.54, 1.807) is 12.1 Å². The Morgan fingerprint density at radius 3 is 2.06 bits per heavy atom. The lowest BCUT2D eigenvalue weighted by Gasteiger charge is -2.12. The lowest BCUT2D eigenvalue weighted by atomic mass is 9.92. The fourth-order valence-electron chi connectivity index (χ4n) is 3.45. The Bertz CT molecular complexity index is 976. The number of ether oxygens (including phenoxy) is 1. The number of ketones is 1. The monoisotopic (exact) mass is 416 g/mol. The van der Waals surface area contributed by atoms with Crippen LogP contribution in [0, 0.1) is 5.92 Å². The summed E-state index contributed by atoms with van der Waals surface area (Å²) in [6.07, 6.45) is 2.05. The number of rotatable bonds is 11. The van der Waals surface area contributed by atoms with Crippen LogP contribution >= 0.6 is 0 Å². The van der Waals surface area contributed by atoms with Crippen LogP contribution in [0.25, 0.3) is 11.1 Å². The van der Waals surface area contributed by atoms with Crippen molar-refractivity contribution in [3.63, 3.8) is 0 Å². The maximum absolute atomic E-state index is 12.7. The average molecular weight is 417 g/mol. The molecule has 3 rings (SSSR count). The number of carbonyl (C=O) groups excluding carboxylic acids is 1. The summed E-state index contributed by atoms with van der Waals surface area (Å²) in [5, 5.41) is 9.55. The smallest absolute Gasteiger partial charge is 0.306 e. The molecule has 4 heteroatoms. The Balaban J connectivity index is 1.61. The second-order valence-electron chi connectivity index (χ2n) is 7.64. The number of carboxylic acid groups (broad SMARTS) is 1. The van der Waals surface area contributed by atoms with Gasteiger partial charge in [-0.3, -0.25) is 9.59 Å². The largest absolute Gasteiger partial charge is 0.494 e. The molecule has 3 aromatic carbocycles. The van der Waals surface area contributed by atoms with Crippen LogP contribution in [0.2, 0.25) is 0 Å². The number of carboxylic acids is 1. The van der Waals surface area contributed by atoms with Gasteiger partial charge in [-0.05, 0) is 48.1 Å². The molecular formula is C27H28O4. The summed E-state index contributed by atoms with van der Waals surface area (Å²) in [6.45, 7) is 2.76. The molecule has 160 valence electrons. The fourth-order valence-corrected chi connectivity index (χ4v) is 3.45. The predicted octanol–water partition coefficient (Wildman–Crippen LogP) is 6.05. The number of aliphatic carboxylic acids is 1. The Kier molecular flexibility index (Phi) is 7.99. The topological polar surface area (TPSA) is 63.6 Å². The second-order valence-corrected chi connectivity index (χ2v) is 7.64. The Morgan fingerprint density at radius 1 is 0.871 bits per heavy atom. The van der Waals surface area contributed by atoms with Crippen molar-refractivity contribution in [2.75, 3.05) is 6.61 Å². The molecule has 3 aromatic rings. The number of aryl methyl sites for hydroxylation is 1. The molecule has 4 nitrogen and oxygen atoms in total. The van der Waals surface area contributed by atoms with Crippen molar-refractivity contribution in [3.8, 4) is 16.9 Å². The van der Waals surface area contributed by atoms with Gasteiger partial charge in [0.15, 0.2) is 5.78 Å². The first-order chi connectivity index (χ1) is 15.1. The van der Waals surface area contributed by atoms with Gasteiger partial charge in [0.1, 0.15) is 5.75 Å². The highest BCUT2D eigenvalue weighted by molar-refractivity contribution is 5.98. The summed E-state index contributed by atoms with van der Waals surface area (Å²) in [4.78, 5) is 24.3. The van der Waals surface area contributed by atoms with Gasteiger partial charge in [0.25, 0.3) is 0 Å². The molecule has 0 aliphatic heterocycles. The summed E-state index contributed by atoms with van der Waals surface area (Å²) < 4.78 is 5.61. The maximum Gasteiger partial charge on any atom is 0.306 e. The first-order valence-electron chi connectivity index (χ1n) is 10.7. The number of carbonyl (C=O) groups is 2. The molecule has 0 spiro atoms. The first-order valence-corrected chi connectivity index (χ1v) is 10.7. The van der Waals surface area contributed by atoms with E-state index in [0.29, 0.717) is 25.0 Å². The summed E-state index contributed by atoms with van der Waals surface area (Å²) in [7, 11) is 0. The van der Waals surface area contributed by atoms with Gasteiger partial charge in [0, 0.05) is 12.0 Å². The van der Waals surface area contributed by atoms with Crippen LogP contribution in [-0.4, -0.2) is 23.5 Å². The van der Waals surface area contributed by atoms with Crippen molar-refractivity contribution in [1.82, 2.24) is 0 Å². The highest BCUT2D eigenvalue weighted by Gasteiger charge is 2.22. The van der Waals surface area contributed by atoms with E-state index in [9.17, 15) is 14.7 Å². The Morgan fingerprint density at radius 2 is 1.48 bits per heavy atom. The van der Waals surface area contributed by atoms with Crippen LogP contribution < -0.4 is 4.74 Å². The number of hydrogen-bond donors (Lipinski definition) is 1. The Labute approximate surface area is 183 Å². The highest BCUT2D eigenvalue weighted by atomic mass is 16.5. The molecule has 0 radical (unpaired) electrons. The summed E-state index contributed by atoms with van der Waals surface area (Å²) in [5.41, 5.74) is 3.65. The van der Waals surface area contributed by atoms with Crippen LogP contribution in [0.15, 0.2) is 78.9 Å². The van der Waals surface area contributed by atoms with Crippen LogP contribution in [-0.2, 0) is 11.2 Å². The van der Waals surface area contributed by atoms with Gasteiger partial charge in [-0.25, -0.2) is 0 Å². The van der Waals surface area contributed by atoms with E-state index in [1.165, 1.54) is 0 Å². The summed E-state index contributed by atoms with van der Waals surface area (Å²) >= 11 is 0. The van der Waals surface area contributed by atoms with Crippen molar-refractivity contribution in [3.05, 3.63) is 90.0 Å². The number of Topliss-reactive ketones (excluding diaryl/α,β-unsaturated/α-hetero) is 1. The van der Waals surface area contributed by atoms with Crippen molar-refractivity contribution in [2.45, 2.75) is 32.6 Å². The third kappa shape index (κ3) is 6.54. The third-order valence-corrected chi connectivity index (χ3v) is 5.27. The van der Waals surface area contributed by atoms with Gasteiger partial charge in [-0.15, -0.1) is 0 Å². The van der Waals surface area contributed by atoms with E-state index in [2.05, 4.69) is 6.92 Å². The van der Waals surface area contributed by atoms with Gasteiger partial charge < -0.3 is 9.84 Å². The van der Waals surface area contributed by atoms with Crippen LogP contribution in [0.5, 0.6) is 5.75 Å². The molecular weight excluding hydrogens is 388 g/mol. The normalized spacial score (nSPS) is 11.6. The number of hydrogen-bond acceptors (Lipinski definition) is 3. The molecule has 0 bridgehead atoms. The molecule has 0 aliphatic rings. The van der Waals surface area contributed by atoms with E-state index in [-0.39, 0.29) is 12.2 Å². The van der Waals surface area contributed by atoms with Crippen molar-refractivity contribution < 1.29 is 19.4 Å². The van der Waals surface area contributed by atoms with Gasteiger partial charge in [-0.1, -0.05) is 73.7 Å². The highest BCUT2D eigenvalue weighted by Crippen LogP contribution is 2.24. The zero-order chi connectivity index (χ0) is 22.1. The van der Waals surface area contributed by atoms with Crippen LogP contribution in [0.3, 0.4) is 0 Å². The van der Waals surface area contributed by atoms with Gasteiger partial charge in [0.05, 0.1) is 12.5 Å². The molecule has 0 aromatic heterocycles. The van der Waals surface area contributed by atoms with E-state index in [1.807, 2.05) is 66.7 Å². The Hall–Kier alpha value is -3.40. The molecule has 0 amide bonds. The van der Waals surface area contributed by atoms with E-state index < -0.39 is 11.9 Å². The first kappa shape index (κ1) is 22.3. The molecule has 0 fully saturated rings. The van der Waals surface area contributed by atoms with Crippen LogP contribution in [0.4, 0.5) is 0 Å². The van der Waals surface area contributed by atoms with Gasteiger partial charge in [0.2, 0.25) is 0 Å². The quantitative estimate of drug-likeness (QED) is 0.387. The molecule has 0 heterocycles. The zero-order valence-corrected chi connectivity index (χ0v) is 17.8. The number of benzene rings is 3. The molecule has 0 saturated heterocycles. The molecule has 1 unspecified atom stereocenters.